The second-order valence-corrected chi connectivity index (χ2v) is 5.78. The van der Waals surface area contributed by atoms with Crippen molar-refractivity contribution in [2.75, 3.05) is 0 Å². The van der Waals surface area contributed by atoms with E-state index in [9.17, 15) is 9.59 Å². The van der Waals surface area contributed by atoms with E-state index in [2.05, 4.69) is 12.2 Å². The Morgan fingerprint density at radius 1 is 1.17 bits per heavy atom. The summed E-state index contributed by atoms with van der Waals surface area (Å²) < 4.78 is 0. The van der Waals surface area contributed by atoms with E-state index in [4.69, 9.17) is 0 Å². The third kappa shape index (κ3) is 4.79. The first-order chi connectivity index (χ1) is 8.54. The highest BCUT2D eigenvalue weighted by molar-refractivity contribution is 5.83. The molecule has 1 aliphatic rings. The molecule has 0 aromatic rings. The maximum absolute atomic E-state index is 11.9. The van der Waals surface area contributed by atoms with E-state index >= 15 is 0 Å². The molecule has 1 rings (SSSR count). The fourth-order valence-corrected chi connectivity index (χ4v) is 2.63. The van der Waals surface area contributed by atoms with E-state index in [0.29, 0.717) is 18.2 Å². The molecule has 1 N–H and O–H groups in total. The van der Waals surface area contributed by atoms with Crippen molar-refractivity contribution in [2.45, 2.75) is 71.8 Å². The van der Waals surface area contributed by atoms with Crippen molar-refractivity contribution in [3.8, 4) is 0 Å². The Hall–Kier alpha value is -0.860. The van der Waals surface area contributed by atoms with E-state index in [1.165, 1.54) is 0 Å². The molecule has 0 bridgehead atoms. The van der Waals surface area contributed by atoms with E-state index in [1.807, 2.05) is 13.8 Å². The normalized spacial score (nSPS) is 24.0. The van der Waals surface area contributed by atoms with Crippen molar-refractivity contribution in [1.29, 1.82) is 0 Å². The Balaban J connectivity index is 2.27. The molecule has 3 nitrogen and oxygen atoms in total. The van der Waals surface area contributed by atoms with Crippen LogP contribution in [0.3, 0.4) is 0 Å². The molecule has 0 unspecified atom stereocenters. The molecule has 0 aromatic carbocycles. The number of nitrogens with one attached hydrogen (secondary N) is 1. The van der Waals surface area contributed by atoms with Crippen molar-refractivity contribution in [2.24, 2.45) is 11.8 Å². The molecule has 0 spiro atoms. The van der Waals surface area contributed by atoms with Gasteiger partial charge in [0.05, 0.1) is 0 Å². The van der Waals surface area contributed by atoms with Gasteiger partial charge in [0.1, 0.15) is 5.78 Å². The minimum Gasteiger partial charge on any atom is -0.353 e. The maximum Gasteiger partial charge on any atom is 0.220 e. The molecule has 3 heteroatoms. The highest BCUT2D eigenvalue weighted by atomic mass is 16.1. The van der Waals surface area contributed by atoms with Crippen LogP contribution < -0.4 is 5.32 Å². The SMILES string of the molecule is CCCCC(=O)NC1CCC(C(=O)C(C)C)CC1. The Morgan fingerprint density at radius 2 is 1.78 bits per heavy atom. The van der Waals surface area contributed by atoms with Crippen molar-refractivity contribution in [3.63, 3.8) is 0 Å². The van der Waals surface area contributed by atoms with Gasteiger partial charge in [-0.2, -0.15) is 0 Å². The van der Waals surface area contributed by atoms with Crippen molar-refractivity contribution < 1.29 is 9.59 Å². The van der Waals surface area contributed by atoms with Gasteiger partial charge < -0.3 is 5.32 Å². The average molecular weight is 253 g/mol. The van der Waals surface area contributed by atoms with Gasteiger partial charge in [-0.1, -0.05) is 27.2 Å². The maximum atomic E-state index is 11.9. The van der Waals surface area contributed by atoms with Crippen LogP contribution in [0, 0.1) is 11.8 Å². The lowest BCUT2D eigenvalue weighted by Crippen LogP contribution is -2.39. The van der Waals surface area contributed by atoms with Gasteiger partial charge in [-0.25, -0.2) is 0 Å². The minimum atomic E-state index is 0.144. The molecule has 0 saturated heterocycles. The van der Waals surface area contributed by atoms with E-state index in [-0.39, 0.29) is 17.7 Å². The molecule has 0 aliphatic heterocycles. The van der Waals surface area contributed by atoms with Crippen molar-refractivity contribution in [3.05, 3.63) is 0 Å². The zero-order chi connectivity index (χ0) is 13.5. The summed E-state index contributed by atoms with van der Waals surface area (Å²) in [7, 11) is 0. The molecule has 1 amide bonds. The first-order valence-electron chi connectivity index (χ1n) is 7.37. The Kier molecular flexibility index (Phi) is 6.37. The first kappa shape index (κ1) is 15.2. The van der Waals surface area contributed by atoms with Crippen molar-refractivity contribution >= 4 is 11.7 Å². The van der Waals surface area contributed by atoms with Crippen LogP contribution in [0.15, 0.2) is 0 Å². The Morgan fingerprint density at radius 3 is 2.28 bits per heavy atom. The average Bonchev–Trinajstić information content (AvgIpc) is 2.36. The summed E-state index contributed by atoms with van der Waals surface area (Å²) in [6.07, 6.45) is 6.46. The third-order valence-corrected chi connectivity index (χ3v) is 3.82. The lowest BCUT2D eigenvalue weighted by atomic mass is 9.80. The molecule has 18 heavy (non-hydrogen) atoms. The van der Waals surface area contributed by atoms with Gasteiger partial charge in [0.15, 0.2) is 0 Å². The highest BCUT2D eigenvalue weighted by Crippen LogP contribution is 2.27. The molecule has 0 atom stereocenters. The third-order valence-electron chi connectivity index (χ3n) is 3.82. The molecule has 104 valence electrons. The molecule has 1 saturated carbocycles. The fraction of sp³-hybridized carbons (Fsp3) is 0.867. The first-order valence-corrected chi connectivity index (χ1v) is 7.37. The van der Waals surface area contributed by atoms with Crippen LogP contribution in [0.2, 0.25) is 0 Å². The van der Waals surface area contributed by atoms with Gasteiger partial charge in [-0.05, 0) is 32.1 Å². The van der Waals surface area contributed by atoms with Crippen LogP contribution in [0.1, 0.15) is 65.7 Å². The summed E-state index contributed by atoms with van der Waals surface area (Å²) in [5.74, 6) is 0.945. The molecular weight excluding hydrogens is 226 g/mol. The van der Waals surface area contributed by atoms with Crippen LogP contribution in [-0.4, -0.2) is 17.7 Å². The summed E-state index contributed by atoms with van der Waals surface area (Å²) in [5.41, 5.74) is 0. The predicted molar refractivity (Wildman–Crippen MR) is 73.3 cm³/mol. The van der Waals surface area contributed by atoms with E-state index in [0.717, 1.165) is 38.5 Å². The molecule has 0 radical (unpaired) electrons. The number of ketones is 1. The van der Waals surface area contributed by atoms with Crippen LogP contribution in [-0.2, 0) is 9.59 Å². The topological polar surface area (TPSA) is 46.2 Å². The molecule has 1 aliphatic carbocycles. The number of unbranched alkanes of at least 4 members (excludes halogenated alkanes) is 1. The zero-order valence-corrected chi connectivity index (χ0v) is 12.0. The quantitative estimate of drug-likeness (QED) is 0.790. The summed E-state index contributed by atoms with van der Waals surface area (Å²) in [5, 5.41) is 3.09. The predicted octanol–water partition coefficient (Wildman–Crippen LogP) is 3.08. The van der Waals surface area contributed by atoms with Gasteiger partial charge in [0.2, 0.25) is 5.91 Å². The summed E-state index contributed by atoms with van der Waals surface area (Å²) >= 11 is 0. The Bertz CT molecular complexity index is 278. The van der Waals surface area contributed by atoms with Crippen LogP contribution in [0.5, 0.6) is 0 Å². The number of hydrogen-bond donors (Lipinski definition) is 1. The Labute approximate surface area is 111 Å². The summed E-state index contributed by atoms with van der Waals surface area (Å²) in [6, 6.07) is 0.297. The number of Topliss-reactive ketones (excluding diaryl/α,β-unsaturated/α-hetero) is 1. The fourth-order valence-electron chi connectivity index (χ4n) is 2.63. The highest BCUT2D eigenvalue weighted by Gasteiger charge is 2.27. The molecule has 0 heterocycles. The molecule has 0 aromatic heterocycles. The van der Waals surface area contributed by atoms with Crippen LogP contribution >= 0.6 is 0 Å². The van der Waals surface area contributed by atoms with Gasteiger partial charge in [0.25, 0.3) is 0 Å². The van der Waals surface area contributed by atoms with Crippen molar-refractivity contribution in [1.82, 2.24) is 5.32 Å². The van der Waals surface area contributed by atoms with Gasteiger partial charge in [0, 0.05) is 24.3 Å². The summed E-state index contributed by atoms with van der Waals surface area (Å²) in [6.45, 7) is 6.04. The number of carbonyl (C=O) groups is 2. The lowest BCUT2D eigenvalue weighted by Gasteiger charge is -2.29. The monoisotopic (exact) mass is 253 g/mol. The number of rotatable bonds is 6. The second kappa shape index (κ2) is 7.55. The lowest BCUT2D eigenvalue weighted by molar-refractivity contribution is -0.127. The molecule has 1 fully saturated rings. The van der Waals surface area contributed by atoms with Gasteiger partial charge in [-0.3, -0.25) is 9.59 Å². The van der Waals surface area contributed by atoms with E-state index in [1.54, 1.807) is 0 Å². The van der Waals surface area contributed by atoms with Crippen LogP contribution in [0.25, 0.3) is 0 Å². The second-order valence-electron chi connectivity index (χ2n) is 5.78. The molecular formula is C15H27NO2. The van der Waals surface area contributed by atoms with Gasteiger partial charge >= 0.3 is 0 Å². The number of hydrogen-bond acceptors (Lipinski definition) is 2. The van der Waals surface area contributed by atoms with E-state index < -0.39 is 0 Å². The summed E-state index contributed by atoms with van der Waals surface area (Å²) in [4.78, 5) is 23.5. The van der Waals surface area contributed by atoms with Crippen LogP contribution in [0.4, 0.5) is 0 Å². The zero-order valence-electron chi connectivity index (χ0n) is 12.0. The number of amides is 1. The smallest absolute Gasteiger partial charge is 0.220 e. The number of carbonyl (C=O) groups excluding carboxylic acids is 2. The standard InChI is InChI=1S/C15H27NO2/c1-4-5-6-14(17)16-13-9-7-12(8-10-13)15(18)11(2)3/h11-13H,4-10H2,1-3H3,(H,16,17). The largest absolute Gasteiger partial charge is 0.353 e. The minimum absolute atomic E-state index is 0.144. The van der Waals surface area contributed by atoms with Gasteiger partial charge in [-0.15, -0.1) is 0 Å².